The predicted octanol–water partition coefficient (Wildman–Crippen LogP) is 7.36. The third kappa shape index (κ3) is 5.14. The number of nitrogens with zero attached hydrogens (tertiary/aromatic N) is 2. The van der Waals surface area contributed by atoms with Gasteiger partial charge < -0.3 is 4.90 Å². The molecule has 3 aromatic carbocycles. The summed E-state index contributed by atoms with van der Waals surface area (Å²) in [5, 5.41) is 0.996. The minimum Gasteiger partial charge on any atom is -0.312 e. The van der Waals surface area contributed by atoms with Crippen LogP contribution in [-0.4, -0.2) is 30.4 Å². The Bertz CT molecular complexity index is 1150. The van der Waals surface area contributed by atoms with E-state index < -0.39 is 0 Å². The van der Waals surface area contributed by atoms with Crippen molar-refractivity contribution in [2.24, 2.45) is 5.92 Å². The zero-order chi connectivity index (χ0) is 24.3. The van der Waals surface area contributed by atoms with Gasteiger partial charge in [0.05, 0.1) is 15.6 Å². The number of piperidine rings is 1. The van der Waals surface area contributed by atoms with Crippen LogP contribution in [0.15, 0.2) is 78.9 Å². The van der Waals surface area contributed by atoms with E-state index in [9.17, 15) is 4.79 Å². The largest absolute Gasteiger partial charge is 0.312 e. The molecule has 3 nitrogen and oxygen atoms in total. The Morgan fingerprint density at radius 3 is 2.17 bits per heavy atom. The van der Waals surface area contributed by atoms with Crippen LogP contribution in [0.5, 0.6) is 0 Å². The fourth-order valence-electron chi connectivity index (χ4n) is 6.00. The van der Waals surface area contributed by atoms with E-state index in [-0.39, 0.29) is 17.4 Å². The van der Waals surface area contributed by atoms with Crippen LogP contribution in [-0.2, 0) is 16.8 Å². The van der Waals surface area contributed by atoms with Crippen LogP contribution in [0, 0.1) is 5.92 Å². The zero-order valence-electron chi connectivity index (χ0n) is 20.0. The molecule has 2 heterocycles. The van der Waals surface area contributed by atoms with Crippen molar-refractivity contribution in [1.82, 2.24) is 4.90 Å². The summed E-state index contributed by atoms with van der Waals surface area (Å²) < 4.78 is 0. The maximum Gasteiger partial charge on any atom is 0.230 e. The molecule has 0 bridgehead atoms. The number of carbonyl (C=O) groups excluding carboxylic acids is 1. The van der Waals surface area contributed by atoms with Crippen LogP contribution in [0.1, 0.15) is 43.2 Å². The topological polar surface area (TPSA) is 23.6 Å². The molecule has 5 heteroatoms. The van der Waals surface area contributed by atoms with Gasteiger partial charge in [0.25, 0.3) is 0 Å². The maximum absolute atomic E-state index is 13.9. The highest BCUT2D eigenvalue weighted by Crippen LogP contribution is 2.43. The Hall–Kier alpha value is -2.33. The number of benzene rings is 3. The first-order valence-electron chi connectivity index (χ1n) is 12.7. The van der Waals surface area contributed by atoms with Crippen molar-refractivity contribution in [3.63, 3.8) is 0 Å². The summed E-state index contributed by atoms with van der Waals surface area (Å²) >= 11 is 12.5. The second kappa shape index (κ2) is 10.7. The van der Waals surface area contributed by atoms with E-state index in [2.05, 4.69) is 65.6 Å². The first-order chi connectivity index (χ1) is 17.1. The molecule has 1 amide bonds. The molecule has 0 radical (unpaired) electrons. The Morgan fingerprint density at radius 1 is 0.800 bits per heavy atom. The summed E-state index contributed by atoms with van der Waals surface area (Å²) in [4.78, 5) is 18.5. The van der Waals surface area contributed by atoms with Crippen LogP contribution >= 0.6 is 23.2 Å². The number of amides is 1. The van der Waals surface area contributed by atoms with Crippen LogP contribution in [0.3, 0.4) is 0 Å². The van der Waals surface area contributed by atoms with Gasteiger partial charge in [-0.2, -0.15) is 0 Å². The van der Waals surface area contributed by atoms with Crippen molar-refractivity contribution in [3.8, 4) is 0 Å². The number of hydrogen-bond donors (Lipinski definition) is 0. The van der Waals surface area contributed by atoms with E-state index >= 15 is 0 Å². The third-order valence-corrected chi connectivity index (χ3v) is 8.45. The zero-order valence-corrected chi connectivity index (χ0v) is 21.5. The van der Waals surface area contributed by atoms with Gasteiger partial charge in [-0.15, -0.1) is 0 Å². The van der Waals surface area contributed by atoms with E-state index in [0.717, 1.165) is 44.5 Å². The lowest BCUT2D eigenvalue weighted by atomic mass is 9.73. The van der Waals surface area contributed by atoms with Gasteiger partial charge in [-0.3, -0.25) is 9.69 Å². The Morgan fingerprint density at radius 2 is 1.49 bits per heavy atom. The Labute approximate surface area is 218 Å². The van der Waals surface area contributed by atoms with Crippen LogP contribution in [0.4, 0.5) is 5.69 Å². The van der Waals surface area contributed by atoms with Gasteiger partial charge in [0.1, 0.15) is 0 Å². The predicted molar refractivity (Wildman–Crippen MR) is 145 cm³/mol. The van der Waals surface area contributed by atoms with E-state index in [4.69, 9.17) is 23.2 Å². The molecule has 0 aromatic heterocycles. The van der Waals surface area contributed by atoms with Crippen molar-refractivity contribution in [3.05, 3.63) is 100 Å². The summed E-state index contributed by atoms with van der Waals surface area (Å²) in [6.45, 7) is 2.85. The molecule has 2 unspecified atom stereocenters. The fraction of sp³-hybridized carbons (Fsp3) is 0.367. The lowest BCUT2D eigenvalue weighted by Gasteiger charge is -2.46. The van der Waals surface area contributed by atoms with Crippen LogP contribution < -0.4 is 4.90 Å². The molecule has 3 aromatic rings. The highest BCUT2D eigenvalue weighted by atomic mass is 35.5. The third-order valence-electron chi connectivity index (χ3n) is 7.71. The summed E-state index contributed by atoms with van der Waals surface area (Å²) in [5.41, 5.74) is 3.24. The molecular weight excluding hydrogens is 475 g/mol. The van der Waals surface area contributed by atoms with Gasteiger partial charge in [-0.05, 0) is 80.9 Å². The number of halogens is 2. The van der Waals surface area contributed by atoms with Crippen LogP contribution in [0.2, 0.25) is 10.0 Å². The molecule has 2 aliphatic rings. The molecule has 2 atom stereocenters. The molecule has 35 heavy (non-hydrogen) atoms. The highest BCUT2D eigenvalue weighted by molar-refractivity contribution is 6.42. The summed E-state index contributed by atoms with van der Waals surface area (Å²) in [5.74, 6) is 0.143. The van der Waals surface area contributed by atoms with Crippen molar-refractivity contribution < 1.29 is 4.79 Å². The average molecular weight is 508 g/mol. The Balaban J connectivity index is 1.52. The monoisotopic (exact) mass is 506 g/mol. The fourth-order valence-corrected chi connectivity index (χ4v) is 6.29. The molecule has 2 aliphatic heterocycles. The van der Waals surface area contributed by atoms with Gasteiger partial charge in [0.2, 0.25) is 5.91 Å². The van der Waals surface area contributed by atoms with Crippen molar-refractivity contribution in [2.45, 2.75) is 44.1 Å². The van der Waals surface area contributed by atoms with Gasteiger partial charge in [0.15, 0.2) is 0 Å². The molecule has 2 fully saturated rings. The summed E-state index contributed by atoms with van der Waals surface area (Å²) in [6, 6.07) is 27.1. The van der Waals surface area contributed by atoms with Crippen LogP contribution in [0.25, 0.3) is 0 Å². The number of rotatable bonds is 7. The lowest BCUT2D eigenvalue weighted by Crippen LogP contribution is -2.51. The van der Waals surface area contributed by atoms with Gasteiger partial charge in [-0.1, -0.05) is 83.9 Å². The van der Waals surface area contributed by atoms with Gasteiger partial charge in [0, 0.05) is 18.2 Å². The normalized spacial score (nSPS) is 20.7. The van der Waals surface area contributed by atoms with Crippen molar-refractivity contribution in [2.75, 3.05) is 24.5 Å². The first-order valence-corrected chi connectivity index (χ1v) is 13.4. The number of hydrogen-bond acceptors (Lipinski definition) is 2. The maximum atomic E-state index is 13.9. The van der Waals surface area contributed by atoms with Crippen molar-refractivity contribution in [1.29, 1.82) is 0 Å². The van der Waals surface area contributed by atoms with Crippen molar-refractivity contribution >= 4 is 34.8 Å². The van der Waals surface area contributed by atoms with Gasteiger partial charge >= 0.3 is 0 Å². The number of anilines is 1. The molecule has 0 saturated carbocycles. The second-order valence-electron chi connectivity index (χ2n) is 9.89. The smallest absolute Gasteiger partial charge is 0.230 e. The number of carbonyl (C=O) groups is 1. The SMILES string of the molecule is O=C1C(CC(Cc2ccccc2)(c2ccccc2)N2CCCC2)CCCN1c1ccc(Cl)c(Cl)c1. The minimum atomic E-state index is -0.222. The molecule has 0 spiro atoms. The van der Waals surface area contributed by atoms with E-state index in [1.165, 1.54) is 24.0 Å². The number of likely N-dealkylation sites (tertiary alicyclic amines) is 1. The second-order valence-corrected chi connectivity index (χ2v) is 10.7. The molecule has 0 N–H and O–H groups in total. The molecular formula is C30H32Cl2N2O. The van der Waals surface area contributed by atoms with E-state index in [1.54, 1.807) is 6.07 Å². The average Bonchev–Trinajstić information content (AvgIpc) is 3.43. The molecule has 0 aliphatic carbocycles. The minimum absolute atomic E-state index is 0.0530. The summed E-state index contributed by atoms with van der Waals surface area (Å²) in [6.07, 6.45) is 6.01. The first kappa shape index (κ1) is 24.4. The summed E-state index contributed by atoms with van der Waals surface area (Å²) in [7, 11) is 0. The quantitative estimate of drug-likeness (QED) is 0.334. The van der Waals surface area contributed by atoms with E-state index in [0.29, 0.717) is 16.6 Å². The Kier molecular flexibility index (Phi) is 7.48. The molecule has 182 valence electrons. The lowest BCUT2D eigenvalue weighted by molar-refractivity contribution is -0.125. The van der Waals surface area contributed by atoms with E-state index in [1.807, 2.05) is 17.0 Å². The standard InChI is InChI=1S/C30H32Cl2N2O/c31-27-16-15-26(20-28(27)32)34-19-9-12-24(29(34)35)22-30(33-17-7-8-18-33,25-13-5-2-6-14-25)21-23-10-3-1-4-11-23/h1-6,10-11,13-16,20,24H,7-9,12,17-19,21-22H2. The molecule has 2 saturated heterocycles. The molecule has 5 rings (SSSR count). The van der Waals surface area contributed by atoms with Gasteiger partial charge in [-0.25, -0.2) is 0 Å². The highest BCUT2D eigenvalue weighted by Gasteiger charge is 2.44.